The Hall–Kier alpha value is -1.78. The Morgan fingerprint density at radius 3 is 2.70 bits per heavy atom. The van der Waals surface area contributed by atoms with Gasteiger partial charge in [-0.25, -0.2) is 0 Å². The zero-order valence-corrected chi connectivity index (χ0v) is 11.3. The zero-order valence-electron chi connectivity index (χ0n) is 11.3. The third-order valence-corrected chi connectivity index (χ3v) is 3.19. The molecule has 20 heavy (non-hydrogen) atoms. The Kier molecular flexibility index (Phi) is 5.65. The molecule has 0 heterocycles. The van der Waals surface area contributed by atoms with Crippen LogP contribution in [0.4, 0.5) is 0 Å². The van der Waals surface area contributed by atoms with E-state index in [1.165, 1.54) is 0 Å². The predicted octanol–water partition coefficient (Wildman–Crippen LogP) is 1.48. The van der Waals surface area contributed by atoms with Gasteiger partial charge in [-0.15, -0.1) is 0 Å². The van der Waals surface area contributed by atoms with Crippen LogP contribution in [0.25, 0.3) is 0 Å². The van der Waals surface area contributed by atoms with Crippen LogP contribution in [-0.4, -0.2) is 47.9 Å². The van der Waals surface area contributed by atoms with E-state index in [0.717, 1.165) is 5.57 Å². The third kappa shape index (κ3) is 4.40. The molecule has 2 N–H and O–H groups in total. The van der Waals surface area contributed by atoms with Crippen LogP contribution in [0.3, 0.4) is 0 Å². The number of hydrogen-bond acceptors (Lipinski definition) is 4. The maximum absolute atomic E-state index is 9.69. The van der Waals surface area contributed by atoms with E-state index in [9.17, 15) is 10.2 Å². The van der Waals surface area contributed by atoms with Crippen molar-refractivity contribution in [3.05, 3.63) is 48.1 Å². The number of aliphatic hydroxyl groups excluding tert-OH is 2. The topological polar surface area (TPSA) is 65.2 Å². The molecular formula is C16H20N2O2. The van der Waals surface area contributed by atoms with Gasteiger partial charge in [-0.1, -0.05) is 42.5 Å². The molecule has 0 aromatic heterocycles. The first-order valence-electron chi connectivity index (χ1n) is 6.85. The van der Waals surface area contributed by atoms with E-state index in [1.807, 2.05) is 36.5 Å². The van der Waals surface area contributed by atoms with Gasteiger partial charge in [0.1, 0.15) is 0 Å². The summed E-state index contributed by atoms with van der Waals surface area (Å²) in [7, 11) is 0. The van der Waals surface area contributed by atoms with Gasteiger partial charge in [-0.3, -0.25) is 9.98 Å². The molecule has 4 nitrogen and oxygen atoms in total. The molecule has 0 spiro atoms. The molecule has 0 bridgehead atoms. The average molecular weight is 272 g/mol. The number of aliphatic hydroxyl groups is 2. The summed E-state index contributed by atoms with van der Waals surface area (Å²) >= 11 is 0. The summed E-state index contributed by atoms with van der Waals surface area (Å²) in [5.74, 6) is -0.0445. The molecule has 0 aromatic rings. The van der Waals surface area contributed by atoms with Crippen LogP contribution in [-0.2, 0) is 0 Å². The smallest absolute Gasteiger partial charge is 0.0839 e. The monoisotopic (exact) mass is 272 g/mol. The van der Waals surface area contributed by atoms with Gasteiger partial charge in [-0.2, -0.15) is 0 Å². The molecule has 0 saturated heterocycles. The summed E-state index contributed by atoms with van der Waals surface area (Å²) in [5, 5.41) is 19.4. The maximum Gasteiger partial charge on any atom is 0.0839 e. The average Bonchev–Trinajstić information content (AvgIpc) is 2.46. The highest BCUT2D eigenvalue weighted by Crippen LogP contribution is 2.11. The summed E-state index contributed by atoms with van der Waals surface area (Å²) in [4.78, 5) is 8.52. The van der Waals surface area contributed by atoms with Crippen molar-refractivity contribution < 1.29 is 10.2 Å². The summed E-state index contributed by atoms with van der Waals surface area (Å²) in [6, 6.07) is 0. The highest BCUT2D eigenvalue weighted by Gasteiger charge is 2.12. The van der Waals surface area contributed by atoms with Crippen molar-refractivity contribution in [3.63, 3.8) is 0 Å². The normalized spacial score (nSPS) is 29.5. The molecular weight excluding hydrogens is 252 g/mol. The summed E-state index contributed by atoms with van der Waals surface area (Å²) < 4.78 is 0. The fourth-order valence-electron chi connectivity index (χ4n) is 1.99. The molecule has 4 heteroatoms. The van der Waals surface area contributed by atoms with Crippen LogP contribution in [0.2, 0.25) is 0 Å². The molecule has 2 aliphatic carbocycles. The Morgan fingerprint density at radius 2 is 1.90 bits per heavy atom. The fourth-order valence-corrected chi connectivity index (χ4v) is 1.99. The Labute approximate surface area is 119 Å². The number of allylic oxidation sites excluding steroid dienone is 4. The van der Waals surface area contributed by atoms with Gasteiger partial charge in [-0.05, 0) is 12.0 Å². The van der Waals surface area contributed by atoms with Crippen molar-refractivity contribution in [2.75, 3.05) is 13.1 Å². The molecule has 0 amide bonds. The fraction of sp³-hybridized carbons (Fsp3) is 0.375. The highest BCUT2D eigenvalue weighted by atomic mass is 16.3. The minimum Gasteiger partial charge on any atom is -0.388 e. The minimum atomic E-state index is -0.485. The third-order valence-electron chi connectivity index (χ3n) is 3.19. The van der Waals surface area contributed by atoms with Gasteiger partial charge >= 0.3 is 0 Å². The molecule has 3 unspecified atom stereocenters. The van der Waals surface area contributed by atoms with Crippen LogP contribution in [0.5, 0.6) is 0 Å². The van der Waals surface area contributed by atoms with Crippen LogP contribution in [0, 0.1) is 5.92 Å². The lowest BCUT2D eigenvalue weighted by atomic mass is 9.99. The van der Waals surface area contributed by atoms with Gasteiger partial charge in [0.25, 0.3) is 0 Å². The van der Waals surface area contributed by atoms with Crippen LogP contribution >= 0.6 is 0 Å². The van der Waals surface area contributed by atoms with Crippen LogP contribution in [0.15, 0.2) is 58.1 Å². The number of aliphatic imine (C=N–C) groups is 2. The lowest BCUT2D eigenvalue weighted by Gasteiger charge is -2.14. The second kappa shape index (κ2) is 7.72. The van der Waals surface area contributed by atoms with E-state index in [2.05, 4.69) is 9.98 Å². The van der Waals surface area contributed by atoms with Gasteiger partial charge in [0.2, 0.25) is 0 Å². The molecule has 106 valence electrons. The van der Waals surface area contributed by atoms with Crippen molar-refractivity contribution in [1.29, 1.82) is 0 Å². The van der Waals surface area contributed by atoms with Crippen molar-refractivity contribution in [3.8, 4) is 0 Å². The Morgan fingerprint density at radius 1 is 1.10 bits per heavy atom. The Balaban J connectivity index is 1.71. The van der Waals surface area contributed by atoms with Gasteiger partial charge in [0, 0.05) is 18.3 Å². The van der Waals surface area contributed by atoms with Gasteiger partial charge < -0.3 is 10.2 Å². The number of hydrogen-bond donors (Lipinski definition) is 2. The predicted molar refractivity (Wildman–Crippen MR) is 82.3 cm³/mol. The highest BCUT2D eigenvalue weighted by molar-refractivity contribution is 5.80. The summed E-state index contributed by atoms with van der Waals surface area (Å²) in [6.07, 6.45) is 16.3. The van der Waals surface area contributed by atoms with E-state index in [0.29, 0.717) is 19.5 Å². The van der Waals surface area contributed by atoms with E-state index < -0.39 is 12.2 Å². The number of nitrogens with zero attached hydrogens (tertiary/aromatic N) is 2. The zero-order chi connectivity index (χ0) is 14.2. The second-order valence-corrected chi connectivity index (χ2v) is 4.77. The van der Waals surface area contributed by atoms with E-state index in [1.54, 1.807) is 18.5 Å². The van der Waals surface area contributed by atoms with E-state index in [4.69, 9.17) is 0 Å². The molecule has 0 aromatic carbocycles. The van der Waals surface area contributed by atoms with Crippen molar-refractivity contribution in [2.45, 2.75) is 18.6 Å². The minimum absolute atomic E-state index is 0.0445. The van der Waals surface area contributed by atoms with Crippen LogP contribution < -0.4 is 0 Å². The molecule has 3 atom stereocenters. The van der Waals surface area contributed by atoms with Crippen molar-refractivity contribution >= 4 is 12.4 Å². The standard InChI is InChI=1S/C16H20N2O2/c19-15-7-3-1-5-13(15)11-17-9-10-18-12-14-6-2-4-8-16(14)20/h1-7,11-13,15-16,19-20H,8-10H2. The molecule has 0 saturated carbocycles. The number of rotatable bonds is 5. The SMILES string of the molecule is OC1CC=CC=C1C=NCCN=CC1C=CC=CC1O. The molecule has 0 radical (unpaired) electrons. The van der Waals surface area contributed by atoms with Gasteiger partial charge in [0.15, 0.2) is 0 Å². The summed E-state index contributed by atoms with van der Waals surface area (Å²) in [5.41, 5.74) is 0.840. The molecule has 2 aliphatic rings. The molecule has 0 aliphatic heterocycles. The van der Waals surface area contributed by atoms with Crippen molar-refractivity contribution in [1.82, 2.24) is 0 Å². The molecule has 2 rings (SSSR count). The maximum atomic E-state index is 9.69. The van der Waals surface area contributed by atoms with Crippen molar-refractivity contribution in [2.24, 2.45) is 15.9 Å². The first-order chi connectivity index (χ1) is 9.77. The first-order valence-corrected chi connectivity index (χ1v) is 6.85. The van der Waals surface area contributed by atoms with Gasteiger partial charge in [0.05, 0.1) is 25.3 Å². The van der Waals surface area contributed by atoms with E-state index in [-0.39, 0.29) is 5.92 Å². The quantitative estimate of drug-likeness (QED) is 0.588. The largest absolute Gasteiger partial charge is 0.388 e. The lowest BCUT2D eigenvalue weighted by Crippen LogP contribution is -2.19. The first kappa shape index (κ1) is 14.6. The second-order valence-electron chi connectivity index (χ2n) is 4.77. The Bertz CT molecular complexity index is 487. The van der Waals surface area contributed by atoms with E-state index >= 15 is 0 Å². The molecule has 0 fully saturated rings. The lowest BCUT2D eigenvalue weighted by molar-refractivity contribution is 0.204. The van der Waals surface area contributed by atoms with Crippen LogP contribution in [0.1, 0.15) is 6.42 Å². The summed E-state index contributed by atoms with van der Waals surface area (Å²) in [6.45, 7) is 1.16.